The molecule has 1 nitrogen and oxygen atoms in total. The minimum absolute atomic E-state index is 0.245. The third kappa shape index (κ3) is 2.46. The Balaban J connectivity index is 2.16. The first-order valence-electron chi connectivity index (χ1n) is 5.99. The van der Waals surface area contributed by atoms with Crippen molar-refractivity contribution in [1.29, 1.82) is 0 Å². The van der Waals surface area contributed by atoms with Crippen LogP contribution in [-0.2, 0) is 0 Å². The molecule has 1 fully saturated rings. The Kier molecular flexibility index (Phi) is 3.65. The molecule has 1 aromatic rings. The van der Waals surface area contributed by atoms with Crippen molar-refractivity contribution in [2.45, 2.75) is 39.0 Å². The van der Waals surface area contributed by atoms with Crippen LogP contribution >= 0.6 is 11.6 Å². The number of carbonyl (C=O) groups excluding carboxylic acids is 1. The SMILES string of the molecule is Cc1cc(C(=O)C2CCCCC2)ccc1Cl. The predicted octanol–water partition coefficient (Wildman–Crippen LogP) is 4.41. The van der Waals surface area contributed by atoms with E-state index in [1.807, 2.05) is 25.1 Å². The van der Waals surface area contributed by atoms with Gasteiger partial charge in [-0.3, -0.25) is 4.79 Å². The summed E-state index contributed by atoms with van der Waals surface area (Å²) >= 11 is 5.96. The number of rotatable bonds is 2. The molecule has 86 valence electrons. The quantitative estimate of drug-likeness (QED) is 0.695. The average Bonchev–Trinajstić information content (AvgIpc) is 2.33. The van der Waals surface area contributed by atoms with Crippen LogP contribution in [0.4, 0.5) is 0 Å². The van der Waals surface area contributed by atoms with E-state index in [2.05, 4.69) is 0 Å². The highest BCUT2D eigenvalue weighted by atomic mass is 35.5. The van der Waals surface area contributed by atoms with Crippen LogP contribution < -0.4 is 0 Å². The van der Waals surface area contributed by atoms with E-state index >= 15 is 0 Å². The Labute approximate surface area is 102 Å². The van der Waals surface area contributed by atoms with Crippen LogP contribution in [0.25, 0.3) is 0 Å². The maximum atomic E-state index is 12.2. The summed E-state index contributed by atoms with van der Waals surface area (Å²) in [6.07, 6.45) is 5.79. The van der Waals surface area contributed by atoms with Crippen LogP contribution in [0.15, 0.2) is 18.2 Å². The zero-order valence-corrected chi connectivity index (χ0v) is 10.4. The first-order valence-corrected chi connectivity index (χ1v) is 6.36. The zero-order valence-electron chi connectivity index (χ0n) is 9.63. The molecule has 16 heavy (non-hydrogen) atoms. The summed E-state index contributed by atoms with van der Waals surface area (Å²) < 4.78 is 0. The molecule has 0 aromatic heterocycles. The van der Waals surface area contributed by atoms with Gasteiger partial charge in [0.1, 0.15) is 0 Å². The van der Waals surface area contributed by atoms with E-state index in [0.717, 1.165) is 29.0 Å². The van der Waals surface area contributed by atoms with E-state index in [4.69, 9.17) is 11.6 Å². The molecule has 0 N–H and O–H groups in total. The maximum Gasteiger partial charge on any atom is 0.165 e. The van der Waals surface area contributed by atoms with E-state index in [9.17, 15) is 4.79 Å². The number of halogens is 1. The summed E-state index contributed by atoms with van der Waals surface area (Å²) in [4.78, 5) is 12.2. The van der Waals surface area contributed by atoms with Crippen LogP contribution in [0.2, 0.25) is 5.02 Å². The summed E-state index contributed by atoms with van der Waals surface area (Å²) in [5, 5.41) is 0.736. The lowest BCUT2D eigenvalue weighted by Crippen LogP contribution is -2.17. The molecule has 0 unspecified atom stereocenters. The smallest absolute Gasteiger partial charge is 0.165 e. The van der Waals surface area contributed by atoms with Gasteiger partial charge in [0.05, 0.1) is 0 Å². The van der Waals surface area contributed by atoms with Crippen molar-refractivity contribution < 1.29 is 4.79 Å². The minimum atomic E-state index is 0.245. The van der Waals surface area contributed by atoms with E-state index in [-0.39, 0.29) is 5.92 Å². The molecule has 0 spiro atoms. The Morgan fingerprint density at radius 1 is 1.25 bits per heavy atom. The largest absolute Gasteiger partial charge is 0.294 e. The Hall–Kier alpha value is -0.820. The van der Waals surface area contributed by atoms with Gasteiger partial charge < -0.3 is 0 Å². The molecule has 0 atom stereocenters. The van der Waals surface area contributed by atoms with Crippen molar-refractivity contribution in [3.8, 4) is 0 Å². The second-order valence-electron chi connectivity index (χ2n) is 4.66. The average molecular weight is 237 g/mol. The third-order valence-electron chi connectivity index (χ3n) is 3.42. The van der Waals surface area contributed by atoms with Crippen LogP contribution in [0, 0.1) is 12.8 Å². The highest BCUT2D eigenvalue weighted by Crippen LogP contribution is 2.28. The molecular formula is C14H17ClO. The lowest BCUT2D eigenvalue weighted by Gasteiger charge is -2.20. The molecule has 1 aliphatic rings. The van der Waals surface area contributed by atoms with Gasteiger partial charge in [0.15, 0.2) is 5.78 Å². The maximum absolute atomic E-state index is 12.2. The number of Topliss-reactive ketones (excluding diaryl/α,β-unsaturated/α-hetero) is 1. The van der Waals surface area contributed by atoms with Crippen molar-refractivity contribution in [1.82, 2.24) is 0 Å². The van der Waals surface area contributed by atoms with E-state index in [1.165, 1.54) is 19.3 Å². The molecule has 0 aliphatic heterocycles. The number of hydrogen-bond donors (Lipinski definition) is 0. The summed E-state index contributed by atoms with van der Waals surface area (Å²) in [5.41, 5.74) is 1.82. The van der Waals surface area contributed by atoms with Gasteiger partial charge in [-0.25, -0.2) is 0 Å². The molecule has 1 saturated carbocycles. The van der Waals surface area contributed by atoms with Crippen molar-refractivity contribution in [2.24, 2.45) is 5.92 Å². The Morgan fingerprint density at radius 2 is 1.94 bits per heavy atom. The summed E-state index contributed by atoms with van der Waals surface area (Å²) in [5.74, 6) is 0.550. The van der Waals surface area contributed by atoms with Crippen LogP contribution in [0.1, 0.15) is 48.0 Å². The highest BCUT2D eigenvalue weighted by molar-refractivity contribution is 6.31. The number of benzene rings is 1. The standard InChI is InChI=1S/C14H17ClO/c1-10-9-12(7-8-13(10)15)14(16)11-5-3-2-4-6-11/h7-9,11H,2-6H2,1H3. The van der Waals surface area contributed by atoms with E-state index in [1.54, 1.807) is 0 Å². The number of aryl methyl sites for hydroxylation is 1. The molecular weight excluding hydrogens is 220 g/mol. The summed E-state index contributed by atoms with van der Waals surface area (Å²) in [6.45, 7) is 1.94. The number of ketones is 1. The first-order chi connectivity index (χ1) is 7.68. The molecule has 1 aliphatic carbocycles. The second-order valence-corrected chi connectivity index (χ2v) is 5.07. The van der Waals surface area contributed by atoms with Gasteiger partial charge in [-0.2, -0.15) is 0 Å². The molecule has 0 saturated heterocycles. The van der Waals surface area contributed by atoms with E-state index in [0.29, 0.717) is 5.78 Å². The topological polar surface area (TPSA) is 17.1 Å². The van der Waals surface area contributed by atoms with Crippen LogP contribution in [0.5, 0.6) is 0 Å². The van der Waals surface area contributed by atoms with Crippen molar-refractivity contribution in [3.05, 3.63) is 34.3 Å². The predicted molar refractivity (Wildman–Crippen MR) is 67.1 cm³/mol. The molecule has 0 amide bonds. The van der Waals surface area contributed by atoms with Gasteiger partial charge >= 0.3 is 0 Å². The highest BCUT2D eigenvalue weighted by Gasteiger charge is 2.22. The third-order valence-corrected chi connectivity index (χ3v) is 3.84. The molecule has 1 aromatic carbocycles. The minimum Gasteiger partial charge on any atom is -0.294 e. The fourth-order valence-corrected chi connectivity index (χ4v) is 2.52. The Morgan fingerprint density at radius 3 is 2.56 bits per heavy atom. The van der Waals surface area contributed by atoms with Gasteiger partial charge in [0, 0.05) is 16.5 Å². The normalized spacial score (nSPS) is 17.4. The first kappa shape index (κ1) is 11.7. The number of hydrogen-bond acceptors (Lipinski definition) is 1. The van der Waals surface area contributed by atoms with Gasteiger partial charge in [0.25, 0.3) is 0 Å². The lowest BCUT2D eigenvalue weighted by molar-refractivity contribution is 0.0889. The molecule has 2 heteroatoms. The fraction of sp³-hybridized carbons (Fsp3) is 0.500. The summed E-state index contributed by atoms with van der Waals surface area (Å²) in [7, 11) is 0. The number of carbonyl (C=O) groups is 1. The van der Waals surface area contributed by atoms with Gasteiger partial charge in [-0.05, 0) is 43.5 Å². The van der Waals surface area contributed by atoms with Gasteiger partial charge in [-0.1, -0.05) is 30.9 Å². The van der Waals surface area contributed by atoms with Crippen LogP contribution in [0.3, 0.4) is 0 Å². The Bertz CT molecular complexity index is 392. The molecule has 0 heterocycles. The van der Waals surface area contributed by atoms with E-state index < -0.39 is 0 Å². The van der Waals surface area contributed by atoms with Crippen molar-refractivity contribution >= 4 is 17.4 Å². The molecule has 2 rings (SSSR count). The second kappa shape index (κ2) is 5.01. The van der Waals surface area contributed by atoms with Gasteiger partial charge in [-0.15, -0.1) is 0 Å². The van der Waals surface area contributed by atoms with Gasteiger partial charge in [0.2, 0.25) is 0 Å². The summed E-state index contributed by atoms with van der Waals surface area (Å²) in [6, 6.07) is 5.60. The molecule has 0 radical (unpaired) electrons. The fourth-order valence-electron chi connectivity index (χ4n) is 2.40. The molecule has 0 bridgehead atoms. The lowest BCUT2D eigenvalue weighted by atomic mass is 9.84. The van der Waals surface area contributed by atoms with Crippen molar-refractivity contribution in [3.63, 3.8) is 0 Å². The van der Waals surface area contributed by atoms with Crippen molar-refractivity contribution in [2.75, 3.05) is 0 Å². The zero-order chi connectivity index (χ0) is 11.5. The van der Waals surface area contributed by atoms with Crippen LogP contribution in [-0.4, -0.2) is 5.78 Å². The monoisotopic (exact) mass is 236 g/mol.